The molecule has 2 aliphatic heterocycles. The molecule has 0 saturated carbocycles. The molecule has 4 rings (SSSR count). The monoisotopic (exact) mass is 397 g/mol. The summed E-state index contributed by atoms with van der Waals surface area (Å²) in [5.74, 6) is -0.134. The summed E-state index contributed by atoms with van der Waals surface area (Å²) >= 11 is 0. The Morgan fingerprint density at radius 3 is 2.66 bits per heavy atom. The molecule has 2 heterocycles. The van der Waals surface area contributed by atoms with Crippen LogP contribution in [0.1, 0.15) is 36.5 Å². The lowest BCUT2D eigenvalue weighted by molar-refractivity contribution is -0.256. The summed E-state index contributed by atoms with van der Waals surface area (Å²) in [5, 5.41) is 0. The number of ether oxygens (including phenoxy) is 4. The van der Waals surface area contributed by atoms with Crippen LogP contribution in [0.5, 0.6) is 11.5 Å². The number of methoxy groups -OCH3 is 1. The number of benzene rings is 2. The number of nitrogens with zero attached hydrogens (tertiary/aromatic N) is 1. The maximum absolute atomic E-state index is 13.5. The van der Waals surface area contributed by atoms with Gasteiger partial charge in [0.2, 0.25) is 0 Å². The van der Waals surface area contributed by atoms with E-state index in [4.69, 9.17) is 18.9 Å². The molecule has 0 unspecified atom stereocenters. The second kappa shape index (κ2) is 8.05. The van der Waals surface area contributed by atoms with E-state index >= 15 is 0 Å². The minimum Gasteiger partial charge on any atom is -0.493 e. The molecule has 1 saturated heterocycles. The maximum Gasteiger partial charge on any atom is 0.292 e. The Balaban J connectivity index is 1.68. The number of amides is 1. The van der Waals surface area contributed by atoms with Crippen molar-refractivity contribution in [3.63, 3.8) is 0 Å². The molecule has 0 N–H and O–H groups in total. The van der Waals surface area contributed by atoms with Gasteiger partial charge in [-0.2, -0.15) is 0 Å². The van der Waals surface area contributed by atoms with Crippen LogP contribution in [0.4, 0.5) is 5.69 Å². The van der Waals surface area contributed by atoms with Gasteiger partial charge in [0.1, 0.15) is 0 Å². The van der Waals surface area contributed by atoms with Gasteiger partial charge in [0.25, 0.3) is 11.7 Å². The van der Waals surface area contributed by atoms with Crippen LogP contribution in [-0.2, 0) is 26.6 Å². The molecule has 2 aliphatic rings. The Labute approximate surface area is 171 Å². The molecule has 29 heavy (non-hydrogen) atoms. The van der Waals surface area contributed by atoms with Gasteiger partial charge in [0.05, 0.1) is 39.2 Å². The highest BCUT2D eigenvalue weighted by molar-refractivity contribution is 6.06. The van der Waals surface area contributed by atoms with E-state index in [2.05, 4.69) is 6.92 Å². The number of para-hydroxylation sites is 1. The van der Waals surface area contributed by atoms with Crippen LogP contribution in [0, 0.1) is 6.92 Å². The van der Waals surface area contributed by atoms with E-state index in [1.165, 1.54) is 0 Å². The van der Waals surface area contributed by atoms with Gasteiger partial charge in [-0.3, -0.25) is 4.79 Å². The zero-order chi connectivity index (χ0) is 20.4. The molecule has 1 fully saturated rings. The standard InChI is InChI=1S/C23H27NO5/c1-4-11-27-19-10-9-17(14-20(19)26-3)15-24-21-16(2)7-5-8-18(21)23(22(24)25)28-12-6-13-29-23/h5,7-10,14H,4,6,11-13,15H2,1-3H3. The molecule has 0 radical (unpaired) electrons. The fourth-order valence-electron chi connectivity index (χ4n) is 3.96. The number of fused-ring (bicyclic) bond motifs is 2. The average molecular weight is 397 g/mol. The Morgan fingerprint density at radius 1 is 1.14 bits per heavy atom. The Morgan fingerprint density at radius 2 is 1.93 bits per heavy atom. The van der Waals surface area contributed by atoms with Crippen LogP contribution in [0.2, 0.25) is 0 Å². The molecular weight excluding hydrogens is 370 g/mol. The number of hydrogen-bond donors (Lipinski definition) is 0. The van der Waals surface area contributed by atoms with Gasteiger partial charge in [-0.25, -0.2) is 0 Å². The molecule has 2 aromatic carbocycles. The Kier molecular flexibility index (Phi) is 5.48. The summed E-state index contributed by atoms with van der Waals surface area (Å²) < 4.78 is 23.1. The lowest BCUT2D eigenvalue weighted by Crippen LogP contribution is -2.47. The minimum absolute atomic E-state index is 0.174. The van der Waals surface area contributed by atoms with Crippen LogP contribution in [0.3, 0.4) is 0 Å². The predicted octanol–water partition coefficient (Wildman–Crippen LogP) is 3.93. The van der Waals surface area contributed by atoms with Gasteiger partial charge in [-0.1, -0.05) is 31.2 Å². The molecular formula is C23H27NO5. The first-order valence-electron chi connectivity index (χ1n) is 10.1. The van der Waals surface area contributed by atoms with Crippen LogP contribution in [-0.4, -0.2) is 32.8 Å². The van der Waals surface area contributed by atoms with Crippen molar-refractivity contribution in [1.29, 1.82) is 0 Å². The minimum atomic E-state index is -1.33. The van der Waals surface area contributed by atoms with Gasteiger partial charge in [0, 0.05) is 5.56 Å². The van der Waals surface area contributed by atoms with Gasteiger partial charge in [-0.15, -0.1) is 0 Å². The summed E-state index contributed by atoms with van der Waals surface area (Å²) in [7, 11) is 1.62. The first-order valence-corrected chi connectivity index (χ1v) is 10.1. The predicted molar refractivity (Wildman–Crippen MR) is 109 cm³/mol. The first-order chi connectivity index (χ1) is 14.1. The van der Waals surface area contributed by atoms with E-state index in [-0.39, 0.29) is 5.91 Å². The van der Waals surface area contributed by atoms with Crippen molar-refractivity contribution in [3.05, 3.63) is 53.1 Å². The van der Waals surface area contributed by atoms with Crippen molar-refractivity contribution in [1.82, 2.24) is 0 Å². The van der Waals surface area contributed by atoms with E-state index in [0.29, 0.717) is 37.9 Å². The molecule has 1 spiro atoms. The van der Waals surface area contributed by atoms with E-state index in [9.17, 15) is 4.79 Å². The topological polar surface area (TPSA) is 57.2 Å². The third kappa shape index (κ3) is 3.36. The molecule has 1 amide bonds. The highest BCUT2D eigenvalue weighted by Crippen LogP contribution is 2.47. The lowest BCUT2D eigenvalue weighted by Gasteiger charge is -2.32. The van der Waals surface area contributed by atoms with E-state index < -0.39 is 5.79 Å². The normalized spacial score (nSPS) is 17.5. The van der Waals surface area contributed by atoms with E-state index in [0.717, 1.165) is 35.2 Å². The first kappa shape index (κ1) is 19.7. The summed E-state index contributed by atoms with van der Waals surface area (Å²) in [4.78, 5) is 15.2. The molecule has 0 aromatic heterocycles. The molecule has 0 aliphatic carbocycles. The molecule has 6 nitrogen and oxygen atoms in total. The number of anilines is 1. The third-order valence-electron chi connectivity index (χ3n) is 5.32. The molecule has 6 heteroatoms. The molecule has 0 bridgehead atoms. The Hall–Kier alpha value is -2.57. The van der Waals surface area contributed by atoms with Crippen molar-refractivity contribution in [2.24, 2.45) is 0 Å². The molecule has 0 atom stereocenters. The number of aryl methyl sites for hydroxylation is 1. The van der Waals surface area contributed by atoms with Crippen molar-refractivity contribution in [2.45, 2.75) is 39.0 Å². The van der Waals surface area contributed by atoms with Crippen LogP contribution in [0.25, 0.3) is 0 Å². The fourth-order valence-corrected chi connectivity index (χ4v) is 3.96. The second-order valence-electron chi connectivity index (χ2n) is 7.36. The number of carbonyl (C=O) groups is 1. The van der Waals surface area contributed by atoms with Crippen molar-refractivity contribution >= 4 is 11.6 Å². The summed E-state index contributed by atoms with van der Waals surface area (Å²) in [6.45, 7) is 6.10. The van der Waals surface area contributed by atoms with Gasteiger partial charge >= 0.3 is 0 Å². The highest BCUT2D eigenvalue weighted by Gasteiger charge is 2.55. The third-order valence-corrected chi connectivity index (χ3v) is 5.32. The van der Waals surface area contributed by atoms with Crippen molar-refractivity contribution < 1.29 is 23.7 Å². The van der Waals surface area contributed by atoms with Gasteiger partial charge in [-0.05, 0) is 43.0 Å². The zero-order valence-electron chi connectivity index (χ0n) is 17.2. The van der Waals surface area contributed by atoms with Gasteiger partial charge in [0.15, 0.2) is 11.5 Å². The lowest BCUT2D eigenvalue weighted by atomic mass is 10.0. The summed E-state index contributed by atoms with van der Waals surface area (Å²) in [6.07, 6.45) is 1.71. The fraction of sp³-hybridized carbons (Fsp3) is 0.435. The molecule has 2 aromatic rings. The summed E-state index contributed by atoms with van der Waals surface area (Å²) in [6, 6.07) is 11.6. The smallest absolute Gasteiger partial charge is 0.292 e. The maximum atomic E-state index is 13.5. The highest BCUT2D eigenvalue weighted by atomic mass is 16.7. The average Bonchev–Trinajstić information content (AvgIpc) is 2.97. The van der Waals surface area contributed by atoms with E-state index in [1.807, 2.05) is 43.3 Å². The van der Waals surface area contributed by atoms with E-state index in [1.54, 1.807) is 12.0 Å². The number of carbonyl (C=O) groups excluding carboxylic acids is 1. The van der Waals surface area contributed by atoms with Crippen molar-refractivity contribution in [3.8, 4) is 11.5 Å². The van der Waals surface area contributed by atoms with Crippen LogP contribution >= 0.6 is 0 Å². The summed E-state index contributed by atoms with van der Waals surface area (Å²) in [5.41, 5.74) is 3.61. The van der Waals surface area contributed by atoms with Crippen LogP contribution in [0.15, 0.2) is 36.4 Å². The Bertz CT molecular complexity index is 904. The number of rotatable bonds is 6. The quantitative estimate of drug-likeness (QED) is 0.739. The van der Waals surface area contributed by atoms with Crippen molar-refractivity contribution in [2.75, 3.05) is 31.8 Å². The second-order valence-corrected chi connectivity index (χ2v) is 7.36. The molecule has 154 valence electrons. The van der Waals surface area contributed by atoms with Crippen LogP contribution < -0.4 is 14.4 Å². The number of hydrogen-bond acceptors (Lipinski definition) is 5. The van der Waals surface area contributed by atoms with Gasteiger partial charge < -0.3 is 23.8 Å². The SMILES string of the molecule is CCCOc1ccc(CN2C(=O)C3(OCCCO3)c3cccc(C)c32)cc1OC. The largest absolute Gasteiger partial charge is 0.493 e. The zero-order valence-corrected chi connectivity index (χ0v) is 17.2.